The third-order valence-electron chi connectivity index (χ3n) is 3.53. The topological polar surface area (TPSA) is 72.0 Å². The predicted octanol–water partition coefficient (Wildman–Crippen LogP) is 2.69. The monoisotopic (exact) mass is 279 g/mol. The minimum Gasteiger partial charge on any atom is -0.464 e. The zero-order valence-corrected chi connectivity index (χ0v) is 12.5. The van der Waals surface area contributed by atoms with Crippen LogP contribution >= 0.6 is 0 Å². The van der Waals surface area contributed by atoms with Crippen molar-refractivity contribution in [1.29, 1.82) is 0 Å². The molecule has 0 atom stereocenters. The molecule has 1 aromatic rings. The minimum atomic E-state index is 0.377. The number of hydrogen-bond donors (Lipinski definition) is 2. The van der Waals surface area contributed by atoms with Gasteiger partial charge in [0.25, 0.3) is 0 Å². The van der Waals surface area contributed by atoms with Crippen LogP contribution in [0.3, 0.4) is 0 Å². The summed E-state index contributed by atoms with van der Waals surface area (Å²) in [6.45, 7) is 6.17. The Kier molecular flexibility index (Phi) is 5.83. The lowest BCUT2D eigenvalue weighted by Crippen LogP contribution is -2.13. The van der Waals surface area contributed by atoms with Crippen LogP contribution in [-0.2, 0) is 0 Å². The Balaban J connectivity index is 1.90. The van der Waals surface area contributed by atoms with Gasteiger partial charge >= 0.3 is 6.01 Å². The first kappa shape index (κ1) is 14.8. The molecule has 2 N–H and O–H groups in total. The van der Waals surface area contributed by atoms with E-state index >= 15 is 0 Å². The van der Waals surface area contributed by atoms with Gasteiger partial charge in [-0.05, 0) is 26.2 Å². The molecule has 1 heterocycles. The van der Waals surface area contributed by atoms with Crippen LogP contribution in [0, 0.1) is 5.92 Å². The Hall–Kier alpha value is -1.59. The van der Waals surface area contributed by atoms with E-state index in [0.29, 0.717) is 24.5 Å². The van der Waals surface area contributed by atoms with E-state index in [4.69, 9.17) is 4.74 Å². The molecular formula is C14H25N5O. The molecule has 0 unspecified atom stereocenters. The number of nitrogens with zero attached hydrogens (tertiary/aromatic N) is 3. The largest absolute Gasteiger partial charge is 0.464 e. The maximum Gasteiger partial charge on any atom is 0.323 e. The van der Waals surface area contributed by atoms with E-state index in [-0.39, 0.29) is 0 Å². The first-order valence-corrected chi connectivity index (χ1v) is 7.68. The van der Waals surface area contributed by atoms with E-state index in [9.17, 15) is 0 Å². The Labute approximate surface area is 120 Å². The molecule has 0 spiro atoms. The van der Waals surface area contributed by atoms with E-state index in [1.165, 1.54) is 32.1 Å². The number of ether oxygens (including phenoxy) is 1. The summed E-state index contributed by atoms with van der Waals surface area (Å²) >= 11 is 0. The highest BCUT2D eigenvalue weighted by Gasteiger charge is 2.14. The van der Waals surface area contributed by atoms with Crippen LogP contribution < -0.4 is 15.4 Å². The van der Waals surface area contributed by atoms with Crippen molar-refractivity contribution in [2.45, 2.75) is 46.0 Å². The molecule has 0 bridgehead atoms. The predicted molar refractivity (Wildman–Crippen MR) is 80.2 cm³/mol. The SMILES string of the molecule is CCNc1nc(NCCC2CCCC2)nc(OCC)n1. The van der Waals surface area contributed by atoms with Crippen molar-refractivity contribution < 1.29 is 4.74 Å². The summed E-state index contributed by atoms with van der Waals surface area (Å²) in [5.74, 6) is 2.02. The van der Waals surface area contributed by atoms with Gasteiger partial charge in [0.1, 0.15) is 0 Å². The Morgan fingerprint density at radius 1 is 1.05 bits per heavy atom. The highest BCUT2D eigenvalue weighted by molar-refractivity contribution is 5.35. The van der Waals surface area contributed by atoms with Gasteiger partial charge in [0, 0.05) is 13.1 Å². The van der Waals surface area contributed by atoms with E-state index in [2.05, 4.69) is 25.6 Å². The Morgan fingerprint density at radius 2 is 1.75 bits per heavy atom. The number of aromatic nitrogens is 3. The van der Waals surface area contributed by atoms with Gasteiger partial charge in [0.05, 0.1) is 6.61 Å². The molecule has 112 valence electrons. The van der Waals surface area contributed by atoms with Crippen molar-refractivity contribution in [1.82, 2.24) is 15.0 Å². The fraction of sp³-hybridized carbons (Fsp3) is 0.786. The maximum atomic E-state index is 5.37. The van der Waals surface area contributed by atoms with Crippen molar-refractivity contribution in [3.63, 3.8) is 0 Å². The average molecular weight is 279 g/mol. The van der Waals surface area contributed by atoms with Gasteiger partial charge in [0.2, 0.25) is 11.9 Å². The van der Waals surface area contributed by atoms with Gasteiger partial charge in [-0.15, -0.1) is 0 Å². The quantitative estimate of drug-likeness (QED) is 0.762. The number of rotatable bonds is 8. The second-order valence-corrected chi connectivity index (χ2v) is 5.09. The Bertz CT molecular complexity index is 382. The van der Waals surface area contributed by atoms with Crippen molar-refractivity contribution in [2.75, 3.05) is 30.3 Å². The van der Waals surface area contributed by atoms with Crippen molar-refractivity contribution in [3.8, 4) is 6.01 Å². The van der Waals surface area contributed by atoms with Crippen molar-refractivity contribution in [2.24, 2.45) is 5.92 Å². The molecular weight excluding hydrogens is 254 g/mol. The molecule has 0 aliphatic heterocycles. The van der Waals surface area contributed by atoms with Crippen LogP contribution in [0.25, 0.3) is 0 Å². The van der Waals surface area contributed by atoms with Gasteiger partial charge in [-0.25, -0.2) is 0 Å². The van der Waals surface area contributed by atoms with Gasteiger partial charge in [0.15, 0.2) is 0 Å². The molecule has 0 saturated heterocycles. The number of nitrogens with one attached hydrogen (secondary N) is 2. The molecule has 0 radical (unpaired) electrons. The highest BCUT2D eigenvalue weighted by atomic mass is 16.5. The Morgan fingerprint density at radius 3 is 2.40 bits per heavy atom. The van der Waals surface area contributed by atoms with E-state index in [1.807, 2.05) is 13.8 Å². The summed E-state index contributed by atoms with van der Waals surface area (Å²) in [5.41, 5.74) is 0. The van der Waals surface area contributed by atoms with Crippen LogP contribution in [0.4, 0.5) is 11.9 Å². The van der Waals surface area contributed by atoms with Crippen LogP contribution in [0.15, 0.2) is 0 Å². The summed E-state index contributed by atoms with van der Waals surface area (Å²) in [4.78, 5) is 12.8. The summed E-state index contributed by atoms with van der Waals surface area (Å²) in [6, 6.07) is 0.377. The molecule has 0 amide bonds. The molecule has 0 aromatic carbocycles. The number of hydrogen-bond acceptors (Lipinski definition) is 6. The second kappa shape index (κ2) is 7.87. The first-order valence-electron chi connectivity index (χ1n) is 7.68. The molecule has 6 nitrogen and oxygen atoms in total. The van der Waals surface area contributed by atoms with Crippen LogP contribution in [-0.4, -0.2) is 34.6 Å². The molecule has 20 heavy (non-hydrogen) atoms. The average Bonchev–Trinajstić information content (AvgIpc) is 2.92. The van der Waals surface area contributed by atoms with E-state index in [0.717, 1.165) is 19.0 Å². The fourth-order valence-corrected chi connectivity index (χ4v) is 2.55. The summed E-state index contributed by atoms with van der Waals surface area (Å²) < 4.78 is 5.37. The molecule has 2 rings (SSSR count). The zero-order chi connectivity index (χ0) is 14.2. The lowest BCUT2D eigenvalue weighted by atomic mass is 10.0. The van der Waals surface area contributed by atoms with Gasteiger partial charge in [-0.1, -0.05) is 25.7 Å². The van der Waals surface area contributed by atoms with E-state index < -0.39 is 0 Å². The number of anilines is 2. The van der Waals surface area contributed by atoms with Crippen molar-refractivity contribution >= 4 is 11.9 Å². The maximum absolute atomic E-state index is 5.37. The molecule has 6 heteroatoms. The van der Waals surface area contributed by atoms with Crippen LogP contribution in [0.5, 0.6) is 6.01 Å². The fourth-order valence-electron chi connectivity index (χ4n) is 2.55. The summed E-state index contributed by atoms with van der Waals surface area (Å²) in [7, 11) is 0. The third-order valence-corrected chi connectivity index (χ3v) is 3.53. The molecule has 1 saturated carbocycles. The van der Waals surface area contributed by atoms with Crippen LogP contribution in [0.1, 0.15) is 46.0 Å². The second-order valence-electron chi connectivity index (χ2n) is 5.09. The lowest BCUT2D eigenvalue weighted by molar-refractivity contribution is 0.312. The summed E-state index contributed by atoms with van der Waals surface area (Å²) in [6.07, 6.45) is 6.69. The standard InChI is InChI=1S/C14H25N5O/c1-3-15-12-17-13(19-14(18-12)20-4-2)16-10-9-11-7-5-6-8-11/h11H,3-10H2,1-2H3,(H2,15,16,17,18,19). The van der Waals surface area contributed by atoms with Crippen molar-refractivity contribution in [3.05, 3.63) is 0 Å². The van der Waals surface area contributed by atoms with Gasteiger partial charge in [-0.3, -0.25) is 0 Å². The summed E-state index contributed by atoms with van der Waals surface area (Å²) in [5, 5.41) is 6.38. The molecule has 1 aliphatic carbocycles. The molecule has 1 aliphatic rings. The highest BCUT2D eigenvalue weighted by Crippen LogP contribution is 2.27. The smallest absolute Gasteiger partial charge is 0.323 e. The third kappa shape index (κ3) is 4.51. The zero-order valence-electron chi connectivity index (χ0n) is 12.5. The molecule has 1 aromatic heterocycles. The van der Waals surface area contributed by atoms with Gasteiger partial charge < -0.3 is 15.4 Å². The normalized spacial score (nSPS) is 15.3. The molecule has 1 fully saturated rings. The van der Waals surface area contributed by atoms with Crippen LogP contribution in [0.2, 0.25) is 0 Å². The van der Waals surface area contributed by atoms with Gasteiger partial charge in [-0.2, -0.15) is 15.0 Å². The lowest BCUT2D eigenvalue weighted by Gasteiger charge is -2.11. The first-order chi connectivity index (χ1) is 9.81. The minimum absolute atomic E-state index is 0.377. The van der Waals surface area contributed by atoms with E-state index in [1.54, 1.807) is 0 Å².